The van der Waals surface area contributed by atoms with E-state index in [9.17, 15) is 0 Å². The van der Waals surface area contributed by atoms with Crippen LogP contribution in [0.15, 0.2) is 72.4 Å². The van der Waals surface area contributed by atoms with Crippen LogP contribution in [0.1, 0.15) is 18.1 Å². The predicted molar refractivity (Wildman–Crippen MR) is 117 cm³/mol. The predicted octanol–water partition coefficient (Wildman–Crippen LogP) is 3.99. The molecule has 3 nitrogen and oxygen atoms in total. The van der Waals surface area contributed by atoms with E-state index in [1.54, 1.807) is 14.2 Å². The van der Waals surface area contributed by atoms with Crippen LogP contribution >= 0.6 is 0 Å². The Morgan fingerprint density at radius 1 is 0.846 bits per heavy atom. The third-order valence-electron chi connectivity index (χ3n) is 3.72. The van der Waals surface area contributed by atoms with Gasteiger partial charge in [0.1, 0.15) is 0 Å². The molecule has 0 atom stereocenters. The van der Waals surface area contributed by atoms with Crippen LogP contribution in [-0.4, -0.2) is 39.9 Å². The zero-order valence-electron chi connectivity index (χ0n) is 16.2. The summed E-state index contributed by atoms with van der Waals surface area (Å²) in [5.41, 5.74) is 4.64. The monoisotopic (exact) mass is 386 g/mol. The van der Waals surface area contributed by atoms with Crippen LogP contribution in [0.2, 0.25) is 6.04 Å². The first-order valence-corrected chi connectivity index (χ1v) is 11.9. The molecule has 0 unspecified atom stereocenters. The Morgan fingerprint density at radius 3 is 1.77 bits per heavy atom. The van der Waals surface area contributed by atoms with Gasteiger partial charge < -0.3 is 13.3 Å². The van der Waals surface area contributed by atoms with Gasteiger partial charge in [-0.15, -0.1) is 5.70 Å². The quantitative estimate of drug-likeness (QED) is 0.642. The van der Waals surface area contributed by atoms with Gasteiger partial charge in [0, 0.05) is 30.5 Å². The first kappa shape index (κ1) is 22.3. The van der Waals surface area contributed by atoms with Gasteiger partial charge in [-0.2, -0.15) is 0 Å². The number of hydrogen-bond donors (Lipinski definition) is 0. The van der Waals surface area contributed by atoms with Crippen LogP contribution in [0.4, 0.5) is 0 Å². The zero-order valence-corrected chi connectivity index (χ0v) is 19.2. The van der Waals surface area contributed by atoms with Gasteiger partial charge >= 0.3 is 8.80 Å². The molecule has 0 saturated carbocycles. The molecule has 0 aliphatic heterocycles. The Kier molecular flexibility index (Phi) is 11.5. The van der Waals surface area contributed by atoms with Crippen LogP contribution in [-0.2, 0) is 13.3 Å². The van der Waals surface area contributed by atoms with Crippen LogP contribution < -0.4 is 0 Å². The molecule has 0 radical (unpaired) electrons. The standard InChI is InChI=1S/C13H20O3Si.C8H10Si/c1-4-17(14-2,15-3)16-12-8-11-13-9-6-5-7-10-13;9-7-6-8-4-2-1-3-5-8/h5-11H,4,12H2,1-3H3;1-7H,9H3. The second kappa shape index (κ2) is 13.4. The summed E-state index contributed by atoms with van der Waals surface area (Å²) in [7, 11) is 2.01. The Morgan fingerprint density at radius 2 is 1.35 bits per heavy atom. The fourth-order valence-electron chi connectivity index (χ4n) is 2.27. The van der Waals surface area contributed by atoms with Gasteiger partial charge in [-0.3, -0.25) is 0 Å². The van der Waals surface area contributed by atoms with Crippen molar-refractivity contribution in [1.29, 1.82) is 0 Å². The molecule has 2 aromatic carbocycles. The molecular formula is C21H30O3Si2. The van der Waals surface area contributed by atoms with E-state index in [0.29, 0.717) is 6.61 Å². The van der Waals surface area contributed by atoms with E-state index in [1.807, 2.05) is 55.5 Å². The molecule has 0 aliphatic carbocycles. The summed E-state index contributed by atoms with van der Waals surface area (Å²) in [5, 5.41) is 0. The van der Waals surface area contributed by atoms with Gasteiger partial charge in [0.25, 0.3) is 0 Å². The highest BCUT2D eigenvalue weighted by atomic mass is 28.4. The molecule has 0 amide bonds. The summed E-state index contributed by atoms with van der Waals surface area (Å²) in [6.45, 7) is 2.52. The van der Waals surface area contributed by atoms with Gasteiger partial charge in [-0.05, 0) is 11.1 Å². The van der Waals surface area contributed by atoms with Crippen LogP contribution in [0.3, 0.4) is 0 Å². The second-order valence-electron chi connectivity index (χ2n) is 5.48. The molecule has 0 aliphatic rings. The van der Waals surface area contributed by atoms with E-state index in [4.69, 9.17) is 13.3 Å². The smallest absolute Gasteiger partial charge is 0.377 e. The van der Waals surface area contributed by atoms with Crippen molar-refractivity contribution in [3.05, 3.63) is 83.6 Å². The first-order chi connectivity index (χ1) is 12.7. The van der Waals surface area contributed by atoms with Crippen LogP contribution in [0.5, 0.6) is 0 Å². The van der Waals surface area contributed by atoms with Crippen molar-refractivity contribution in [2.45, 2.75) is 13.0 Å². The average molecular weight is 387 g/mol. The van der Waals surface area contributed by atoms with Crippen LogP contribution in [0.25, 0.3) is 12.2 Å². The fraction of sp³-hybridized carbons (Fsp3) is 0.238. The molecule has 0 bridgehead atoms. The van der Waals surface area contributed by atoms with E-state index in [0.717, 1.165) is 21.9 Å². The maximum atomic E-state index is 5.71. The van der Waals surface area contributed by atoms with Gasteiger partial charge in [-0.1, -0.05) is 85.8 Å². The van der Waals surface area contributed by atoms with Crippen molar-refractivity contribution in [3.63, 3.8) is 0 Å². The average Bonchev–Trinajstić information content (AvgIpc) is 2.71. The maximum Gasteiger partial charge on any atom is 0.500 e. The molecule has 2 rings (SSSR count). The minimum atomic E-state index is -2.41. The highest BCUT2D eigenvalue weighted by Crippen LogP contribution is 2.13. The highest BCUT2D eigenvalue weighted by molar-refractivity contribution is 6.60. The van der Waals surface area contributed by atoms with Gasteiger partial charge in [0.15, 0.2) is 0 Å². The number of rotatable bonds is 8. The first-order valence-electron chi connectivity index (χ1n) is 8.83. The molecule has 140 valence electrons. The summed E-state index contributed by atoms with van der Waals surface area (Å²) < 4.78 is 16.4. The molecule has 0 saturated heterocycles. The Bertz CT molecular complexity index is 631. The zero-order chi connectivity index (χ0) is 19.1. The number of hydrogen-bond acceptors (Lipinski definition) is 3. The summed E-state index contributed by atoms with van der Waals surface area (Å²) in [4.78, 5) is 0. The minimum Gasteiger partial charge on any atom is -0.377 e. The van der Waals surface area contributed by atoms with E-state index >= 15 is 0 Å². The summed E-state index contributed by atoms with van der Waals surface area (Å²) in [5.74, 6) is 0. The Labute approximate surface area is 162 Å². The molecule has 0 N–H and O–H groups in total. The summed E-state index contributed by atoms with van der Waals surface area (Å²) >= 11 is 0. The molecule has 26 heavy (non-hydrogen) atoms. The van der Waals surface area contributed by atoms with Crippen molar-refractivity contribution in [1.82, 2.24) is 0 Å². The molecule has 5 heteroatoms. The number of benzene rings is 2. The van der Waals surface area contributed by atoms with Crippen molar-refractivity contribution in [2.24, 2.45) is 0 Å². The second-order valence-corrected chi connectivity index (χ2v) is 9.32. The van der Waals surface area contributed by atoms with Crippen molar-refractivity contribution in [2.75, 3.05) is 20.8 Å². The SMILES string of the molecule is CC[Si](OC)(OC)OCC=Cc1ccccc1.[SiH3]C=Cc1ccccc1. The van der Waals surface area contributed by atoms with Crippen molar-refractivity contribution >= 4 is 31.2 Å². The summed E-state index contributed by atoms with van der Waals surface area (Å²) in [6.07, 6.45) is 6.15. The van der Waals surface area contributed by atoms with Crippen LogP contribution in [0, 0.1) is 0 Å². The third-order valence-corrected chi connectivity index (χ3v) is 6.77. The molecule has 0 spiro atoms. The lowest BCUT2D eigenvalue weighted by molar-refractivity contribution is 0.111. The lowest BCUT2D eigenvalue weighted by Gasteiger charge is -2.24. The minimum absolute atomic E-state index is 0.511. The van der Waals surface area contributed by atoms with E-state index in [-0.39, 0.29) is 0 Å². The van der Waals surface area contributed by atoms with Gasteiger partial charge in [0.05, 0.1) is 6.61 Å². The Balaban J connectivity index is 0.000000314. The third kappa shape index (κ3) is 8.55. The maximum absolute atomic E-state index is 5.71. The van der Waals surface area contributed by atoms with E-state index in [1.165, 1.54) is 5.56 Å². The van der Waals surface area contributed by atoms with Crippen molar-refractivity contribution < 1.29 is 13.3 Å². The van der Waals surface area contributed by atoms with Gasteiger partial charge in [0.2, 0.25) is 0 Å². The lowest BCUT2D eigenvalue weighted by atomic mass is 10.2. The molecule has 0 fully saturated rings. The van der Waals surface area contributed by atoms with Gasteiger partial charge in [-0.25, -0.2) is 0 Å². The van der Waals surface area contributed by atoms with E-state index < -0.39 is 8.80 Å². The Hall–Kier alpha value is -1.77. The lowest BCUT2D eigenvalue weighted by Crippen LogP contribution is -2.43. The van der Waals surface area contributed by atoms with Crippen molar-refractivity contribution in [3.8, 4) is 0 Å². The molecule has 0 heterocycles. The molecule has 2 aromatic rings. The topological polar surface area (TPSA) is 27.7 Å². The highest BCUT2D eigenvalue weighted by Gasteiger charge is 2.36. The molecule has 0 aromatic heterocycles. The largest absolute Gasteiger partial charge is 0.500 e. The fourth-order valence-corrected chi connectivity index (χ4v) is 4.19. The summed E-state index contributed by atoms with van der Waals surface area (Å²) in [6, 6.07) is 21.2. The van der Waals surface area contributed by atoms with E-state index in [2.05, 4.69) is 36.0 Å². The molecular weight excluding hydrogens is 356 g/mol. The normalized spacial score (nSPS) is 11.7.